The van der Waals surface area contributed by atoms with Gasteiger partial charge < -0.3 is 14.0 Å². The lowest BCUT2D eigenvalue weighted by Crippen LogP contribution is -2.43. The van der Waals surface area contributed by atoms with E-state index >= 15 is 0 Å². The fourth-order valence-electron chi connectivity index (χ4n) is 4.22. The molecule has 4 nitrogen and oxygen atoms in total. The SMILES string of the molecule is CCCCCCCCCc1cccc(OC(C)CCOC(=O)C[N+](C)(C)Cc2ccccc2)c1. The van der Waals surface area contributed by atoms with Gasteiger partial charge in [0.05, 0.1) is 26.8 Å². The summed E-state index contributed by atoms with van der Waals surface area (Å²) in [6.45, 7) is 5.82. The van der Waals surface area contributed by atoms with E-state index in [9.17, 15) is 4.79 Å². The van der Waals surface area contributed by atoms with E-state index in [1.807, 2.05) is 31.2 Å². The van der Waals surface area contributed by atoms with Crippen LogP contribution in [-0.4, -0.2) is 43.8 Å². The van der Waals surface area contributed by atoms with Crippen LogP contribution in [0.15, 0.2) is 54.6 Å². The van der Waals surface area contributed by atoms with Crippen LogP contribution in [-0.2, 0) is 22.5 Å². The first-order valence-electron chi connectivity index (χ1n) is 13.1. The fraction of sp³-hybridized carbons (Fsp3) is 0.567. The number of unbranched alkanes of at least 4 members (excludes halogenated alkanes) is 6. The van der Waals surface area contributed by atoms with Crippen LogP contribution in [0.2, 0.25) is 0 Å². The van der Waals surface area contributed by atoms with E-state index in [4.69, 9.17) is 9.47 Å². The van der Waals surface area contributed by atoms with Crippen molar-refractivity contribution in [1.82, 2.24) is 0 Å². The Morgan fingerprint density at radius 3 is 2.29 bits per heavy atom. The number of likely N-dealkylation sites (N-methyl/N-ethyl adjacent to an activating group) is 1. The van der Waals surface area contributed by atoms with Crippen molar-refractivity contribution in [3.8, 4) is 5.75 Å². The van der Waals surface area contributed by atoms with E-state index in [1.54, 1.807) is 0 Å². The van der Waals surface area contributed by atoms with Crippen LogP contribution in [0.5, 0.6) is 5.75 Å². The number of ether oxygens (including phenoxy) is 2. The zero-order valence-corrected chi connectivity index (χ0v) is 21.9. The Kier molecular flexibility index (Phi) is 12.8. The van der Waals surface area contributed by atoms with Crippen molar-refractivity contribution < 1.29 is 18.8 Å². The van der Waals surface area contributed by atoms with Gasteiger partial charge in [0.25, 0.3) is 0 Å². The quantitative estimate of drug-likeness (QED) is 0.143. The molecule has 1 atom stereocenters. The second-order valence-electron chi connectivity index (χ2n) is 10.2. The Hall–Kier alpha value is -2.33. The topological polar surface area (TPSA) is 35.5 Å². The van der Waals surface area contributed by atoms with Gasteiger partial charge >= 0.3 is 5.97 Å². The third-order valence-electron chi connectivity index (χ3n) is 6.10. The van der Waals surface area contributed by atoms with E-state index in [2.05, 4.69) is 51.4 Å². The maximum atomic E-state index is 12.4. The van der Waals surface area contributed by atoms with Gasteiger partial charge in [-0.25, -0.2) is 4.79 Å². The monoisotopic (exact) mass is 468 g/mol. The van der Waals surface area contributed by atoms with Gasteiger partial charge in [0.2, 0.25) is 0 Å². The number of esters is 1. The summed E-state index contributed by atoms with van der Waals surface area (Å²) in [6.07, 6.45) is 11.1. The molecule has 0 spiro atoms. The first kappa shape index (κ1) is 27.9. The molecule has 2 aromatic carbocycles. The number of quaternary nitrogens is 1. The summed E-state index contributed by atoms with van der Waals surface area (Å²) in [5.74, 6) is 0.741. The van der Waals surface area contributed by atoms with Crippen LogP contribution in [0.4, 0.5) is 0 Å². The van der Waals surface area contributed by atoms with Crippen LogP contribution in [0.1, 0.15) is 76.3 Å². The summed E-state index contributed by atoms with van der Waals surface area (Å²) in [5, 5.41) is 0. The minimum Gasteiger partial charge on any atom is -0.491 e. The highest BCUT2D eigenvalue weighted by molar-refractivity contribution is 5.70. The van der Waals surface area contributed by atoms with Gasteiger partial charge in [-0.05, 0) is 37.5 Å². The van der Waals surface area contributed by atoms with Crippen molar-refractivity contribution in [2.75, 3.05) is 27.2 Å². The van der Waals surface area contributed by atoms with Crippen molar-refractivity contribution >= 4 is 5.97 Å². The van der Waals surface area contributed by atoms with Gasteiger partial charge in [0.1, 0.15) is 12.3 Å². The maximum absolute atomic E-state index is 12.4. The van der Waals surface area contributed by atoms with Crippen molar-refractivity contribution in [2.45, 2.75) is 84.3 Å². The second kappa shape index (κ2) is 15.5. The molecule has 0 N–H and O–H groups in total. The number of rotatable bonds is 17. The molecule has 34 heavy (non-hydrogen) atoms. The lowest BCUT2D eigenvalue weighted by atomic mass is 10.0. The molecule has 0 heterocycles. The van der Waals surface area contributed by atoms with E-state index < -0.39 is 0 Å². The predicted octanol–water partition coefficient (Wildman–Crippen LogP) is 6.96. The van der Waals surface area contributed by atoms with Gasteiger partial charge in [0.15, 0.2) is 6.54 Å². The number of hydrogen-bond acceptors (Lipinski definition) is 3. The lowest BCUT2D eigenvalue weighted by molar-refractivity contribution is -0.896. The zero-order chi connectivity index (χ0) is 24.7. The summed E-state index contributed by atoms with van der Waals surface area (Å²) in [5.41, 5.74) is 2.56. The molecule has 0 saturated carbocycles. The molecule has 4 heteroatoms. The molecule has 1 unspecified atom stereocenters. The number of carbonyl (C=O) groups excluding carboxylic acids is 1. The summed E-state index contributed by atoms with van der Waals surface area (Å²) in [7, 11) is 4.11. The number of carbonyl (C=O) groups is 1. The standard InChI is InChI=1S/C30H46NO3/c1-5-6-7-8-9-10-12-16-27-19-15-20-29(23-27)34-26(2)21-22-33-30(32)25-31(3,4)24-28-17-13-11-14-18-28/h11,13-15,17-20,23,26H,5-10,12,16,21-22,24-25H2,1-4H3/q+1. The third-order valence-corrected chi connectivity index (χ3v) is 6.10. The Morgan fingerprint density at radius 2 is 1.56 bits per heavy atom. The van der Waals surface area contributed by atoms with Crippen LogP contribution in [0.3, 0.4) is 0 Å². The van der Waals surface area contributed by atoms with Crippen molar-refractivity contribution in [1.29, 1.82) is 0 Å². The summed E-state index contributed by atoms with van der Waals surface area (Å²) < 4.78 is 12.2. The molecular formula is C30H46NO3+. The molecule has 2 aromatic rings. The fourth-order valence-corrected chi connectivity index (χ4v) is 4.22. The van der Waals surface area contributed by atoms with Gasteiger partial charge in [0, 0.05) is 12.0 Å². The smallest absolute Gasteiger partial charge is 0.361 e. The zero-order valence-electron chi connectivity index (χ0n) is 21.9. The lowest BCUT2D eigenvalue weighted by Gasteiger charge is -2.28. The molecular weight excluding hydrogens is 422 g/mol. The Bertz CT molecular complexity index is 819. The van der Waals surface area contributed by atoms with Crippen LogP contribution >= 0.6 is 0 Å². The first-order chi connectivity index (χ1) is 16.4. The minimum atomic E-state index is -0.162. The van der Waals surface area contributed by atoms with Crippen LogP contribution in [0, 0.1) is 0 Å². The number of aryl methyl sites for hydroxylation is 1. The van der Waals surface area contributed by atoms with Gasteiger partial charge in [-0.1, -0.05) is 87.9 Å². The predicted molar refractivity (Wildman–Crippen MR) is 141 cm³/mol. The molecule has 2 rings (SSSR count). The normalized spacial score (nSPS) is 12.4. The molecule has 0 aliphatic rings. The molecule has 0 aliphatic heterocycles. The maximum Gasteiger partial charge on any atom is 0.361 e. The molecule has 0 fully saturated rings. The summed E-state index contributed by atoms with van der Waals surface area (Å²) >= 11 is 0. The molecule has 0 aromatic heterocycles. The van der Waals surface area contributed by atoms with Gasteiger partial charge in [-0.15, -0.1) is 0 Å². The van der Waals surface area contributed by atoms with Crippen molar-refractivity contribution in [3.63, 3.8) is 0 Å². The van der Waals surface area contributed by atoms with Crippen molar-refractivity contribution in [2.24, 2.45) is 0 Å². The van der Waals surface area contributed by atoms with E-state index in [0.717, 1.165) is 18.7 Å². The molecule has 0 aliphatic carbocycles. The third kappa shape index (κ3) is 12.2. The van der Waals surface area contributed by atoms with E-state index in [0.29, 0.717) is 24.1 Å². The highest BCUT2D eigenvalue weighted by atomic mass is 16.5. The Balaban J connectivity index is 1.64. The number of hydrogen-bond donors (Lipinski definition) is 0. The number of nitrogens with zero attached hydrogens (tertiary/aromatic N) is 1. The summed E-state index contributed by atoms with van der Waals surface area (Å²) in [4.78, 5) is 12.4. The molecule has 0 radical (unpaired) electrons. The van der Waals surface area contributed by atoms with E-state index in [-0.39, 0.29) is 12.1 Å². The molecule has 0 bridgehead atoms. The van der Waals surface area contributed by atoms with Gasteiger partial charge in [-0.3, -0.25) is 0 Å². The largest absolute Gasteiger partial charge is 0.491 e. The van der Waals surface area contributed by atoms with Crippen molar-refractivity contribution in [3.05, 3.63) is 65.7 Å². The van der Waals surface area contributed by atoms with Gasteiger partial charge in [-0.2, -0.15) is 0 Å². The highest BCUT2D eigenvalue weighted by Gasteiger charge is 2.22. The first-order valence-corrected chi connectivity index (χ1v) is 13.1. The Labute approximate surface area is 207 Å². The Morgan fingerprint density at radius 1 is 0.882 bits per heavy atom. The average molecular weight is 469 g/mol. The molecule has 0 saturated heterocycles. The van der Waals surface area contributed by atoms with Crippen LogP contribution in [0.25, 0.3) is 0 Å². The van der Waals surface area contributed by atoms with E-state index in [1.165, 1.54) is 56.1 Å². The van der Waals surface area contributed by atoms with Crippen LogP contribution < -0.4 is 4.74 Å². The molecule has 0 amide bonds. The summed E-state index contributed by atoms with van der Waals surface area (Å²) in [6, 6.07) is 18.7. The highest BCUT2D eigenvalue weighted by Crippen LogP contribution is 2.18. The average Bonchev–Trinajstić information content (AvgIpc) is 2.78. The minimum absolute atomic E-state index is 0.00608. The number of benzene rings is 2. The second-order valence-corrected chi connectivity index (χ2v) is 10.2. The molecule has 188 valence electrons.